The van der Waals surface area contributed by atoms with Crippen LogP contribution >= 0.6 is 12.4 Å². The van der Waals surface area contributed by atoms with Crippen molar-refractivity contribution in [2.24, 2.45) is 0 Å². The molecule has 0 bridgehead atoms. The standard InChI is InChI=1S/C17H26N4O.ClH/c22-17(15-6-5-9-18-15)20-13-14-7-8-16(19-12-14)21-10-3-1-2-4-11-21;/h7-8,12,15,18H,1-6,9-11,13H2,(H,20,22);1H. The van der Waals surface area contributed by atoms with Gasteiger partial charge in [0.25, 0.3) is 0 Å². The molecule has 2 fully saturated rings. The fourth-order valence-corrected chi connectivity index (χ4v) is 3.23. The lowest BCUT2D eigenvalue weighted by Crippen LogP contribution is -2.40. The number of nitrogens with zero attached hydrogens (tertiary/aromatic N) is 2. The van der Waals surface area contributed by atoms with E-state index in [-0.39, 0.29) is 24.4 Å². The van der Waals surface area contributed by atoms with Crippen LogP contribution in [0.4, 0.5) is 5.82 Å². The third-order valence-electron chi connectivity index (χ3n) is 4.58. The Morgan fingerprint density at radius 2 is 2.00 bits per heavy atom. The lowest BCUT2D eigenvalue weighted by molar-refractivity contribution is -0.122. The van der Waals surface area contributed by atoms with Crippen LogP contribution in [0.1, 0.15) is 44.1 Å². The van der Waals surface area contributed by atoms with Gasteiger partial charge in [-0.1, -0.05) is 18.9 Å². The Balaban J connectivity index is 0.00000192. The minimum atomic E-state index is -0.00988. The zero-order chi connectivity index (χ0) is 15.2. The van der Waals surface area contributed by atoms with E-state index < -0.39 is 0 Å². The van der Waals surface area contributed by atoms with Crippen molar-refractivity contribution in [1.29, 1.82) is 0 Å². The maximum Gasteiger partial charge on any atom is 0.237 e. The Kier molecular flexibility index (Phi) is 7.12. The average molecular weight is 339 g/mol. The Morgan fingerprint density at radius 1 is 1.22 bits per heavy atom. The van der Waals surface area contributed by atoms with Crippen LogP contribution in [0.3, 0.4) is 0 Å². The smallest absolute Gasteiger partial charge is 0.237 e. The molecule has 0 aliphatic carbocycles. The van der Waals surface area contributed by atoms with Gasteiger partial charge in [0.15, 0.2) is 0 Å². The zero-order valence-electron chi connectivity index (χ0n) is 13.6. The summed E-state index contributed by atoms with van der Waals surface area (Å²) in [6.07, 6.45) is 9.10. The number of pyridine rings is 1. The second kappa shape index (κ2) is 9.08. The normalized spacial score (nSPS) is 21.4. The van der Waals surface area contributed by atoms with Crippen molar-refractivity contribution in [1.82, 2.24) is 15.6 Å². The molecule has 2 N–H and O–H groups in total. The van der Waals surface area contributed by atoms with Gasteiger partial charge in [-0.05, 0) is 43.9 Å². The summed E-state index contributed by atoms with van der Waals surface area (Å²) in [6.45, 7) is 3.72. The summed E-state index contributed by atoms with van der Waals surface area (Å²) in [5.74, 6) is 1.17. The first-order chi connectivity index (χ1) is 10.8. The van der Waals surface area contributed by atoms with Crippen molar-refractivity contribution >= 4 is 24.1 Å². The zero-order valence-corrected chi connectivity index (χ0v) is 14.4. The Hall–Kier alpha value is -1.33. The SMILES string of the molecule is Cl.O=C(NCc1ccc(N2CCCCCC2)nc1)C1CCCN1. The minimum Gasteiger partial charge on any atom is -0.357 e. The molecule has 1 atom stereocenters. The maximum atomic E-state index is 12.0. The fraction of sp³-hybridized carbons (Fsp3) is 0.647. The predicted molar refractivity (Wildman–Crippen MR) is 95.0 cm³/mol. The molecule has 1 aromatic heterocycles. The van der Waals surface area contributed by atoms with Crippen LogP contribution in [-0.4, -0.2) is 36.6 Å². The van der Waals surface area contributed by atoms with Gasteiger partial charge in [-0.2, -0.15) is 0 Å². The molecule has 0 saturated carbocycles. The highest BCUT2D eigenvalue weighted by molar-refractivity contribution is 5.85. The Bertz CT molecular complexity index is 480. The van der Waals surface area contributed by atoms with Gasteiger partial charge in [0, 0.05) is 25.8 Å². The number of rotatable bonds is 4. The molecule has 0 spiro atoms. The summed E-state index contributed by atoms with van der Waals surface area (Å²) < 4.78 is 0. The molecule has 2 aliphatic heterocycles. The van der Waals surface area contributed by atoms with Crippen molar-refractivity contribution in [3.8, 4) is 0 Å². The third kappa shape index (κ3) is 5.08. The maximum absolute atomic E-state index is 12.0. The molecule has 0 radical (unpaired) electrons. The van der Waals surface area contributed by atoms with E-state index in [9.17, 15) is 4.79 Å². The van der Waals surface area contributed by atoms with Gasteiger partial charge in [0.1, 0.15) is 5.82 Å². The monoisotopic (exact) mass is 338 g/mol. The van der Waals surface area contributed by atoms with Crippen LogP contribution in [0.15, 0.2) is 18.3 Å². The van der Waals surface area contributed by atoms with E-state index in [1.54, 1.807) is 0 Å². The summed E-state index contributed by atoms with van der Waals surface area (Å²) in [5, 5.41) is 6.21. The summed E-state index contributed by atoms with van der Waals surface area (Å²) in [7, 11) is 0. The Morgan fingerprint density at radius 3 is 2.61 bits per heavy atom. The second-order valence-electron chi connectivity index (χ2n) is 6.29. The number of hydrogen-bond donors (Lipinski definition) is 2. The molecular weight excluding hydrogens is 312 g/mol. The van der Waals surface area contributed by atoms with Gasteiger partial charge in [-0.25, -0.2) is 4.98 Å². The van der Waals surface area contributed by atoms with E-state index in [0.717, 1.165) is 43.9 Å². The van der Waals surface area contributed by atoms with Crippen LogP contribution in [0.5, 0.6) is 0 Å². The van der Waals surface area contributed by atoms with Gasteiger partial charge >= 0.3 is 0 Å². The number of hydrogen-bond acceptors (Lipinski definition) is 4. The summed E-state index contributed by atoms with van der Waals surface area (Å²) in [6, 6.07) is 4.15. The summed E-state index contributed by atoms with van der Waals surface area (Å²) >= 11 is 0. The van der Waals surface area contributed by atoms with Crippen LogP contribution in [0, 0.1) is 0 Å². The molecule has 6 heteroatoms. The van der Waals surface area contributed by atoms with E-state index in [0.29, 0.717) is 6.54 Å². The van der Waals surface area contributed by atoms with E-state index in [1.807, 2.05) is 6.20 Å². The molecule has 1 aromatic rings. The van der Waals surface area contributed by atoms with Crippen molar-refractivity contribution in [2.75, 3.05) is 24.5 Å². The van der Waals surface area contributed by atoms with Gasteiger partial charge in [-0.3, -0.25) is 4.79 Å². The van der Waals surface area contributed by atoms with E-state index in [2.05, 4.69) is 32.7 Å². The molecule has 128 valence electrons. The molecule has 23 heavy (non-hydrogen) atoms. The van der Waals surface area contributed by atoms with E-state index in [4.69, 9.17) is 0 Å². The summed E-state index contributed by atoms with van der Waals surface area (Å²) in [4.78, 5) is 18.9. The first-order valence-electron chi connectivity index (χ1n) is 8.54. The van der Waals surface area contributed by atoms with Crippen molar-refractivity contribution in [3.05, 3.63) is 23.9 Å². The highest BCUT2D eigenvalue weighted by atomic mass is 35.5. The van der Waals surface area contributed by atoms with Crippen LogP contribution in [0.2, 0.25) is 0 Å². The number of anilines is 1. The van der Waals surface area contributed by atoms with Gasteiger partial charge < -0.3 is 15.5 Å². The first kappa shape index (κ1) is 18.0. The van der Waals surface area contributed by atoms with Gasteiger partial charge in [0.05, 0.1) is 6.04 Å². The van der Waals surface area contributed by atoms with Crippen molar-refractivity contribution in [2.45, 2.75) is 51.1 Å². The molecule has 5 nitrogen and oxygen atoms in total. The largest absolute Gasteiger partial charge is 0.357 e. The topological polar surface area (TPSA) is 57.3 Å². The van der Waals surface area contributed by atoms with Crippen LogP contribution < -0.4 is 15.5 Å². The summed E-state index contributed by atoms with van der Waals surface area (Å²) in [5.41, 5.74) is 1.06. The molecular formula is C17H27ClN4O. The van der Waals surface area contributed by atoms with Gasteiger partial charge in [-0.15, -0.1) is 12.4 Å². The van der Waals surface area contributed by atoms with E-state index >= 15 is 0 Å². The molecule has 3 heterocycles. The highest BCUT2D eigenvalue weighted by Crippen LogP contribution is 2.17. The predicted octanol–water partition coefficient (Wildman–Crippen LogP) is 2.25. The third-order valence-corrected chi connectivity index (χ3v) is 4.58. The number of carbonyl (C=O) groups excluding carboxylic acids is 1. The van der Waals surface area contributed by atoms with Crippen LogP contribution in [0.25, 0.3) is 0 Å². The number of amides is 1. The second-order valence-corrected chi connectivity index (χ2v) is 6.29. The quantitative estimate of drug-likeness (QED) is 0.884. The molecule has 1 amide bonds. The molecule has 2 aliphatic rings. The first-order valence-corrected chi connectivity index (χ1v) is 8.54. The van der Waals surface area contributed by atoms with E-state index in [1.165, 1.54) is 25.7 Å². The number of aromatic nitrogens is 1. The van der Waals surface area contributed by atoms with Gasteiger partial charge in [0.2, 0.25) is 5.91 Å². The molecule has 0 aromatic carbocycles. The number of nitrogens with one attached hydrogen (secondary N) is 2. The van der Waals surface area contributed by atoms with Crippen molar-refractivity contribution < 1.29 is 4.79 Å². The molecule has 2 saturated heterocycles. The fourth-order valence-electron chi connectivity index (χ4n) is 3.23. The number of halogens is 1. The molecule has 1 unspecified atom stereocenters. The number of carbonyl (C=O) groups is 1. The molecule has 3 rings (SSSR count). The van der Waals surface area contributed by atoms with Crippen LogP contribution in [-0.2, 0) is 11.3 Å². The lowest BCUT2D eigenvalue weighted by Gasteiger charge is -2.21. The average Bonchev–Trinajstić information content (AvgIpc) is 2.96. The lowest BCUT2D eigenvalue weighted by atomic mass is 10.2. The Labute approximate surface area is 144 Å². The minimum absolute atomic E-state index is 0. The highest BCUT2D eigenvalue weighted by Gasteiger charge is 2.21. The van der Waals surface area contributed by atoms with Crippen molar-refractivity contribution in [3.63, 3.8) is 0 Å².